The number of allylic oxidation sites excluding steroid dienone is 6. The van der Waals surface area contributed by atoms with Gasteiger partial charge in [0.25, 0.3) is 5.91 Å². The van der Waals surface area contributed by atoms with E-state index in [1.807, 2.05) is 23.7 Å². The second-order valence-corrected chi connectivity index (χ2v) is 43.9. The van der Waals surface area contributed by atoms with Gasteiger partial charge in [0.2, 0.25) is 5.69 Å². The van der Waals surface area contributed by atoms with Crippen LogP contribution in [-0.2, 0) is 54.0 Å². The third kappa shape index (κ3) is 19.7. The van der Waals surface area contributed by atoms with Crippen molar-refractivity contribution < 1.29 is 37.8 Å². The van der Waals surface area contributed by atoms with Crippen LogP contribution in [0.15, 0.2) is 145 Å². The van der Waals surface area contributed by atoms with Crippen molar-refractivity contribution in [3.8, 4) is 5.69 Å². The largest absolute Gasteiger partial charge is 0.209 e. The van der Waals surface area contributed by atoms with Crippen molar-refractivity contribution in [1.29, 1.82) is 0 Å². The second-order valence-electron chi connectivity index (χ2n) is 29.4. The van der Waals surface area contributed by atoms with E-state index in [4.69, 9.17) is 34.5 Å². The summed E-state index contributed by atoms with van der Waals surface area (Å²) in [6, 6.07) is 42.2. The Balaban J connectivity index is 0.732. The van der Waals surface area contributed by atoms with Gasteiger partial charge in [-0.2, -0.15) is 9.67 Å². The number of unbranched alkanes of at least 4 members (excludes halogenated alkanes) is 3. The number of aromatic nitrogens is 2. The zero-order chi connectivity index (χ0) is 69.2. The topological polar surface area (TPSA) is 146 Å². The third-order valence-corrected chi connectivity index (χ3v) is 25.1. The van der Waals surface area contributed by atoms with Gasteiger partial charge in [0.05, 0.1) is 73.3 Å². The summed E-state index contributed by atoms with van der Waals surface area (Å²) in [5.41, 5.74) is 22.6. The fraction of sp³-hybridized carbons (Fsp3) is 0.488. The molecular formula is C82H112N7O7Sn+. The predicted octanol–water partition coefficient (Wildman–Crippen LogP) is 15.6. The van der Waals surface area contributed by atoms with Crippen LogP contribution in [0.1, 0.15) is 167 Å². The van der Waals surface area contributed by atoms with E-state index < -0.39 is 24.3 Å². The van der Waals surface area contributed by atoms with Crippen LogP contribution in [0.5, 0.6) is 0 Å². The summed E-state index contributed by atoms with van der Waals surface area (Å²) >= 11 is -2.31. The quantitative estimate of drug-likeness (QED) is 0.0165. The zero-order valence-electron chi connectivity index (χ0n) is 60.6. The number of benzene rings is 5. The molecule has 0 fully saturated rings. The number of rotatable bonds is 39. The summed E-state index contributed by atoms with van der Waals surface area (Å²) in [5.74, 6) is -0.398. The number of para-hydroxylation sites is 2. The van der Waals surface area contributed by atoms with Gasteiger partial charge < -0.3 is 30.2 Å². The number of nitrogens with two attached hydrogens (primary N) is 1. The molecule has 0 saturated carbocycles. The van der Waals surface area contributed by atoms with Crippen LogP contribution < -0.4 is 19.5 Å². The summed E-state index contributed by atoms with van der Waals surface area (Å²) in [6.45, 7) is 30.4. The van der Waals surface area contributed by atoms with Crippen molar-refractivity contribution in [3.63, 3.8) is 0 Å². The molecule has 3 N–H and O–H groups in total. The van der Waals surface area contributed by atoms with Gasteiger partial charge in [-0.25, -0.2) is 4.68 Å². The monoisotopic (exact) mass is 1430 g/mol. The number of amides is 1. The van der Waals surface area contributed by atoms with Gasteiger partial charge in [0.15, 0.2) is 11.5 Å². The molecule has 3 aliphatic rings. The number of aryl methyl sites for hydroxylation is 1. The Morgan fingerprint density at radius 3 is 2.00 bits per heavy atom. The first kappa shape index (κ1) is 74.7. The minimum absolute atomic E-state index is 0.121. The first-order chi connectivity index (χ1) is 46.6. The van der Waals surface area contributed by atoms with Crippen molar-refractivity contribution in [2.24, 2.45) is 11.1 Å². The van der Waals surface area contributed by atoms with E-state index in [2.05, 4.69) is 211 Å². The Bertz CT molecular complexity index is 3740. The molecule has 0 bridgehead atoms. The summed E-state index contributed by atoms with van der Waals surface area (Å²) in [7, 11) is 0. The molecule has 1 amide bonds. The number of nitrogens with zero attached hydrogens (tertiary/aromatic N) is 5. The van der Waals surface area contributed by atoms with Crippen LogP contribution in [-0.4, -0.2) is 147 Å². The van der Waals surface area contributed by atoms with Crippen molar-refractivity contribution in [1.82, 2.24) is 14.7 Å². The fourth-order valence-electron chi connectivity index (χ4n) is 14.0. The van der Waals surface area contributed by atoms with Crippen LogP contribution in [0.3, 0.4) is 0 Å². The molecule has 2 aliphatic heterocycles. The minimum Gasteiger partial charge on any atom is -0.0615 e. The van der Waals surface area contributed by atoms with E-state index in [1.54, 1.807) is 9.65 Å². The van der Waals surface area contributed by atoms with Crippen molar-refractivity contribution in [2.45, 2.75) is 159 Å². The van der Waals surface area contributed by atoms with Gasteiger partial charge in [0.1, 0.15) is 6.54 Å². The van der Waals surface area contributed by atoms with Crippen molar-refractivity contribution in [3.05, 3.63) is 196 Å². The number of carbonyl (C=O) groups excluding carboxylic acids is 2. The molecule has 1 aromatic heterocycles. The number of carbonyl (C=O) groups is 2. The van der Waals surface area contributed by atoms with E-state index in [0.29, 0.717) is 102 Å². The van der Waals surface area contributed by atoms with Crippen molar-refractivity contribution in [2.75, 3.05) is 102 Å². The van der Waals surface area contributed by atoms with Gasteiger partial charge in [0, 0.05) is 72.7 Å². The smallest absolute Gasteiger partial charge is 0.0615 e. The minimum atomic E-state index is -2.31. The predicted molar refractivity (Wildman–Crippen MR) is 401 cm³/mol. The molecule has 97 heavy (non-hydrogen) atoms. The van der Waals surface area contributed by atoms with Crippen molar-refractivity contribution >= 4 is 62.0 Å². The Labute approximate surface area is 584 Å². The van der Waals surface area contributed by atoms with Crippen LogP contribution in [0, 0.1) is 12.3 Å². The number of ketones is 1. The normalized spacial score (nSPS) is 16.1. The molecule has 0 saturated heterocycles. The first-order valence-electron chi connectivity index (χ1n) is 35.9. The third-order valence-electron chi connectivity index (χ3n) is 19.3. The molecule has 0 unspecified atom stereocenters. The second kappa shape index (κ2) is 35.0. The van der Waals surface area contributed by atoms with Gasteiger partial charge in [-0.05, 0) is 87.8 Å². The summed E-state index contributed by atoms with van der Waals surface area (Å²) in [4.78, 5) is 38.0. The van der Waals surface area contributed by atoms with E-state index in [0.717, 1.165) is 81.9 Å². The fourth-order valence-corrected chi connectivity index (χ4v) is 17.5. The van der Waals surface area contributed by atoms with Gasteiger partial charge in [-0.3, -0.25) is 9.59 Å². The maximum Gasteiger partial charge on any atom is 0.209 e. The standard InChI is InChI=1S/C79H102N7O7.3CH3.Sn/c1-10-12-21-43-85-70-29-20-18-27-67(70)79(8,9)74(85)39-35-63(34-38-73-78(6,7)66-26-17-19-28-69(66)84(73)42-13-11-2)62-32-30-61(31-33-62)58-83(57-60-24-15-14-16-25-60)41-23-45-90-47-49-92-51-53-93-52-50-91-48-46-89-44-22-40-81-68-54-64(36-37-65(68)76(80)88)86-71-55-77(4,5)56-72(87)75(71)59(3)82-86;;;;/h14-15,17-20,24-39,54H,10-13,21-23,40-53,55-58H2,1-9H3,(H2-,80,81,88);3*1H3;/p+1. The summed E-state index contributed by atoms with van der Waals surface area (Å²) in [5, 5.41) is 8.10. The molecule has 0 spiro atoms. The maximum atomic E-state index is 13.0. The van der Waals surface area contributed by atoms with E-state index in [-0.39, 0.29) is 22.0 Å². The Morgan fingerprint density at radius 2 is 1.33 bits per heavy atom. The molecule has 6 aromatic rings. The summed E-state index contributed by atoms with van der Waals surface area (Å²) < 4.78 is 35.3. The molecule has 520 valence electrons. The van der Waals surface area contributed by atoms with E-state index >= 15 is 0 Å². The van der Waals surface area contributed by atoms with Crippen LogP contribution in [0.2, 0.25) is 14.8 Å². The van der Waals surface area contributed by atoms with E-state index in [1.165, 1.54) is 69.0 Å². The molecule has 1 aliphatic carbocycles. The number of ether oxygens (including phenoxy) is 5. The number of primary amides is 1. The Hall–Kier alpha value is -6.50. The van der Waals surface area contributed by atoms with Gasteiger partial charge in [-0.15, -0.1) is 0 Å². The Kier molecular flexibility index (Phi) is 27.0. The molecule has 3 heterocycles. The molecule has 5 aromatic carbocycles. The average molecular weight is 1430 g/mol. The first-order valence-corrected chi connectivity index (χ1v) is 45.9. The van der Waals surface area contributed by atoms with Crippen LogP contribution in [0.4, 0.5) is 17.1 Å². The van der Waals surface area contributed by atoms with Crippen LogP contribution >= 0.6 is 0 Å². The van der Waals surface area contributed by atoms with Gasteiger partial charge in [-0.1, -0.05) is 90.8 Å². The number of nitrogens with one attached hydrogen (secondary N) is 1. The average Bonchev–Trinajstić information content (AvgIpc) is 1.65. The maximum absolute atomic E-state index is 13.0. The zero-order valence-corrected chi connectivity index (χ0v) is 63.5. The van der Waals surface area contributed by atoms with E-state index in [9.17, 15) is 9.59 Å². The number of Topliss-reactive ketones (excluding diaryl/α,β-unsaturated/α-hetero) is 1. The number of fused-ring (bicyclic) bond motifs is 3. The number of anilines is 2. The SMILES string of the molecule is CCCCC[N+]1=C(/C=C/C(=C/C=C2/N(CCCC)c3ccccc3C2(C)C)c2ccc(CN(CCCOCCOCCOCCOCCOCCCNc3cc(-n4nc(C)c5c4CC(C)(C)CC5=O)ccc3C(N)=O)Cc3ccc[c]([Sn]([CH3])([CH3])[CH3])c3)cc2)C(C)(C)c2ccccc21. The molecule has 15 heteroatoms. The van der Waals surface area contributed by atoms with Crippen LogP contribution in [0.25, 0.3) is 11.3 Å². The number of hydrogen-bond acceptors (Lipinski definition) is 11. The van der Waals surface area contributed by atoms with Gasteiger partial charge >= 0.3 is 180 Å². The molecule has 0 radical (unpaired) electrons. The molecule has 9 rings (SSSR count). The molecular weight excluding hydrogens is 1310 g/mol. The molecule has 0 atom stereocenters. The number of hydrogen-bond donors (Lipinski definition) is 2. The molecule has 14 nitrogen and oxygen atoms in total. The Morgan fingerprint density at radius 1 is 0.691 bits per heavy atom. The summed E-state index contributed by atoms with van der Waals surface area (Å²) in [6.07, 6.45) is 18.3.